The Morgan fingerprint density at radius 3 is 1.97 bits per heavy atom. The molecule has 4 bridgehead atoms. The van der Waals surface area contributed by atoms with Crippen molar-refractivity contribution in [2.24, 2.45) is 45.3 Å². The van der Waals surface area contributed by atoms with Crippen LogP contribution in [0.25, 0.3) is 11.6 Å². The highest BCUT2D eigenvalue weighted by Gasteiger charge is 2.89. The first-order valence-corrected chi connectivity index (χ1v) is 35.0. The Morgan fingerprint density at radius 1 is 0.747 bits per heavy atom. The van der Waals surface area contributed by atoms with Gasteiger partial charge in [0.05, 0.1) is 11.1 Å². The molecule has 0 aromatic carbocycles. The molecule has 0 unspecified atom stereocenters. The number of nitrogens with one attached hydrogen (secondary N) is 5. The number of ether oxygens (including phenoxy) is 2. The predicted octanol–water partition coefficient (Wildman–Crippen LogP) is 7.88. The number of sulfonamides is 2. The van der Waals surface area contributed by atoms with Gasteiger partial charge in [0.1, 0.15) is 35.8 Å². The fraction of sp³-hybridized carbons (Fsp3) is 0.531. The molecule has 3 aliphatic heterocycles. The summed E-state index contributed by atoms with van der Waals surface area (Å²) in [4.78, 5) is 71.9. The molecule has 24 nitrogen and oxygen atoms in total. The fourth-order valence-corrected chi connectivity index (χ4v) is 18.1. The molecule has 15 rings (SSSR count). The normalized spacial score (nSPS) is 23.3. The van der Waals surface area contributed by atoms with Crippen molar-refractivity contribution >= 4 is 72.5 Å². The second-order valence-electron chi connectivity index (χ2n) is 27.8. The number of amides is 2. The van der Waals surface area contributed by atoms with Crippen LogP contribution in [0.1, 0.15) is 138 Å². The first-order valence-electron chi connectivity index (χ1n) is 31.6. The van der Waals surface area contributed by atoms with E-state index in [1.54, 1.807) is 65.6 Å². The number of Topliss-reactive ketones (excluding diaryl/α,β-unsaturated/α-hetero) is 2. The third kappa shape index (κ3) is 11.6. The van der Waals surface area contributed by atoms with Crippen LogP contribution in [-0.4, -0.2) is 130 Å². The molecule has 2 saturated heterocycles. The van der Waals surface area contributed by atoms with Gasteiger partial charge < -0.3 is 30.3 Å². The first-order chi connectivity index (χ1) is 43.4. The lowest BCUT2D eigenvalue weighted by atomic mass is 9.93. The zero-order chi connectivity index (χ0) is 63.5. The molecule has 9 aliphatic rings. The SMILES string of the molecule is CC1(C)C[C@@H]2CCCNc3cccc(n3)S(=O)(=O)NC(=O)c3ccc(-n4ccc(OCC(=O)C5C6(CC6)C56CC6)n4)nc3N1C2.CC1(C)C[C@H](CCCNc2cccc(S(=O)(=O)NC(=O)c3ccc(-n4ccc(OCC(=O)C5C6(CC6)C56CC6)n4)nc3Cl)n2)CN1. The van der Waals surface area contributed by atoms with Gasteiger partial charge in [-0.25, -0.2) is 38.7 Å². The number of hydrogen-bond acceptors (Lipinski definition) is 20. The van der Waals surface area contributed by atoms with Crippen molar-refractivity contribution < 1.29 is 45.5 Å². The highest BCUT2D eigenvalue weighted by Crippen LogP contribution is 2.93. The summed E-state index contributed by atoms with van der Waals surface area (Å²) in [5.41, 5.74) is 0.987. The van der Waals surface area contributed by atoms with Gasteiger partial charge in [0.25, 0.3) is 31.9 Å². The summed E-state index contributed by atoms with van der Waals surface area (Å²) >= 11 is 6.31. The quantitative estimate of drug-likeness (QED) is 0.0403. The Bertz CT molecular complexity index is 4120. The maximum Gasteiger partial charge on any atom is 0.281 e. The summed E-state index contributed by atoms with van der Waals surface area (Å²) in [6.07, 6.45) is 18.4. The Balaban J connectivity index is 0.000000158. The smallest absolute Gasteiger partial charge is 0.281 e. The van der Waals surface area contributed by atoms with Crippen LogP contribution >= 0.6 is 11.6 Å². The third-order valence-corrected chi connectivity index (χ3v) is 23.6. The topological polar surface area (TPSA) is 306 Å². The molecule has 6 aromatic heterocycles. The number of carbonyl (C=O) groups is 4. The summed E-state index contributed by atoms with van der Waals surface area (Å²) in [5.74, 6) is 2.41. The van der Waals surface area contributed by atoms with E-state index >= 15 is 0 Å². The van der Waals surface area contributed by atoms with Gasteiger partial charge in [-0.3, -0.25) is 19.2 Å². The van der Waals surface area contributed by atoms with Crippen molar-refractivity contribution in [1.82, 2.24) is 54.3 Å². The zero-order valence-electron chi connectivity index (χ0n) is 51.3. The van der Waals surface area contributed by atoms with Crippen molar-refractivity contribution in [3.05, 3.63) is 101 Å². The highest BCUT2D eigenvalue weighted by atomic mass is 35.5. The molecule has 27 heteroatoms. The van der Waals surface area contributed by atoms with E-state index in [1.165, 1.54) is 54.6 Å². The molecule has 2 atom stereocenters. The van der Waals surface area contributed by atoms with Crippen molar-refractivity contribution in [3.8, 4) is 23.4 Å². The van der Waals surface area contributed by atoms with Crippen LogP contribution in [0.2, 0.25) is 5.15 Å². The minimum Gasteiger partial charge on any atom is -0.469 e. The molecule has 5 N–H and O–H groups in total. The second kappa shape index (κ2) is 22.3. The highest BCUT2D eigenvalue weighted by molar-refractivity contribution is 7.90. The summed E-state index contributed by atoms with van der Waals surface area (Å²) in [5, 5.41) is 18.0. The molecular formula is C64H75ClN14O10S2. The van der Waals surface area contributed by atoms with Crippen LogP contribution in [-0.2, 0) is 29.6 Å². The van der Waals surface area contributed by atoms with E-state index in [0.29, 0.717) is 60.6 Å². The lowest BCUT2D eigenvalue weighted by Gasteiger charge is -2.34. The molecule has 0 radical (unpaired) electrons. The number of aromatic nitrogens is 8. The van der Waals surface area contributed by atoms with E-state index in [0.717, 1.165) is 70.8 Å². The molecule has 6 aromatic rings. The van der Waals surface area contributed by atoms with Gasteiger partial charge in [-0.2, -0.15) is 16.8 Å². The molecule has 4 spiro atoms. The van der Waals surface area contributed by atoms with Gasteiger partial charge in [0, 0.05) is 67.1 Å². The number of carbonyl (C=O) groups excluding carboxylic acids is 4. The standard InChI is InChI=1S/C32H38ClN7O5S.C32H37N7O5S/c1-30(2)17-20(18-35-30)5-4-15-34-23-6-3-7-26(36-23)46(43,44)39-29(42)21-8-9-24(37-28(21)33)40-16-10-25(38-40)45-19-22(41)27-31(11-12-31)32(27)13-14-32;1-30(2)17-20-5-4-15-33-23-6-3-7-26(34-23)45(42,43)37-29(41)21-8-9-24(35-28(21)38(30)18-20)39-16-10-25(36-39)44-19-22(40)27-31(11-12-31)32(27)13-14-32/h3,6-10,16,20,27,35H,4-5,11-15,17-19H2,1-2H3,(H,34,36)(H,39,42);3,6-10,16,20,27H,4-5,11-15,17-19H2,1-2H3,(H,33,34)(H,37,41)/t2*20-/m00/s1. The van der Waals surface area contributed by atoms with E-state index in [2.05, 4.69) is 78.4 Å². The molecule has 6 aliphatic carbocycles. The van der Waals surface area contributed by atoms with Gasteiger partial charge in [-0.1, -0.05) is 23.7 Å². The van der Waals surface area contributed by atoms with Gasteiger partial charge in [-0.05, 0) is 206 Å². The summed E-state index contributed by atoms with van der Waals surface area (Å²) in [6, 6.07) is 18.6. The van der Waals surface area contributed by atoms with Crippen LogP contribution in [0.4, 0.5) is 17.5 Å². The van der Waals surface area contributed by atoms with Crippen molar-refractivity contribution in [1.29, 1.82) is 0 Å². The zero-order valence-corrected chi connectivity index (χ0v) is 53.7. The Kier molecular flexibility index (Phi) is 15.0. The number of anilines is 3. The minimum absolute atomic E-state index is 0.00802. The third-order valence-electron chi connectivity index (χ3n) is 20.9. The van der Waals surface area contributed by atoms with Crippen LogP contribution in [0, 0.1) is 45.3 Å². The maximum atomic E-state index is 13.6. The Morgan fingerprint density at radius 2 is 1.36 bits per heavy atom. The van der Waals surface area contributed by atoms with Crippen molar-refractivity contribution in [2.45, 2.75) is 139 Å². The van der Waals surface area contributed by atoms with E-state index < -0.39 is 31.9 Å². The lowest BCUT2D eigenvalue weighted by Crippen LogP contribution is -2.41. The largest absolute Gasteiger partial charge is 0.469 e. The monoisotopic (exact) mass is 1300 g/mol. The number of rotatable bonds is 18. The molecule has 9 heterocycles. The van der Waals surface area contributed by atoms with E-state index in [9.17, 15) is 36.0 Å². The number of pyridine rings is 4. The van der Waals surface area contributed by atoms with E-state index in [1.807, 2.05) is 4.72 Å². The predicted molar refractivity (Wildman–Crippen MR) is 335 cm³/mol. The summed E-state index contributed by atoms with van der Waals surface area (Å²) in [6.45, 7) is 11.6. The maximum absolute atomic E-state index is 13.6. The minimum atomic E-state index is -4.29. The van der Waals surface area contributed by atoms with Crippen LogP contribution < -0.4 is 39.8 Å². The molecule has 2 amide bonds. The fourth-order valence-electron chi connectivity index (χ4n) is 16.0. The Labute approximate surface area is 533 Å². The van der Waals surface area contributed by atoms with Gasteiger partial charge in [0.15, 0.2) is 33.3 Å². The number of nitrogens with zero attached hydrogens (tertiary/aromatic N) is 9. The molecule has 8 fully saturated rings. The number of hydrogen-bond donors (Lipinski definition) is 5. The van der Waals surface area contributed by atoms with Crippen molar-refractivity contribution in [3.63, 3.8) is 0 Å². The molecule has 6 saturated carbocycles. The Hall–Kier alpha value is -7.55. The van der Waals surface area contributed by atoms with E-state index in [4.69, 9.17) is 26.1 Å². The molecular weight excluding hydrogens is 1220 g/mol. The first kappa shape index (κ1) is 61.0. The van der Waals surface area contributed by atoms with Gasteiger partial charge in [-0.15, -0.1) is 10.2 Å². The second-order valence-corrected chi connectivity index (χ2v) is 31.4. The van der Waals surface area contributed by atoms with Crippen molar-refractivity contribution in [2.75, 3.05) is 54.9 Å². The average molecular weight is 1300 g/mol. The average Bonchev–Trinajstić information content (AvgIpc) is 1.45. The molecule has 480 valence electrons. The van der Waals surface area contributed by atoms with E-state index in [-0.39, 0.29) is 107 Å². The number of fused-ring (bicyclic) bond motifs is 8. The van der Waals surface area contributed by atoms with Gasteiger partial charge >= 0.3 is 0 Å². The van der Waals surface area contributed by atoms with Crippen LogP contribution in [0.5, 0.6) is 11.8 Å². The lowest BCUT2D eigenvalue weighted by molar-refractivity contribution is -0.123. The van der Waals surface area contributed by atoms with Gasteiger partial charge in [0.2, 0.25) is 11.8 Å². The summed E-state index contributed by atoms with van der Waals surface area (Å²) in [7, 11) is -8.54. The molecule has 91 heavy (non-hydrogen) atoms. The summed E-state index contributed by atoms with van der Waals surface area (Å²) < 4.78 is 71.2. The number of ketones is 2. The van der Waals surface area contributed by atoms with Crippen LogP contribution in [0.3, 0.4) is 0 Å². The van der Waals surface area contributed by atoms with Crippen LogP contribution in [0.15, 0.2) is 95.2 Å². The number of halogens is 1.